The molecule has 3 rings (SSSR count). The summed E-state index contributed by atoms with van der Waals surface area (Å²) in [6, 6.07) is 3.29. The Hall–Kier alpha value is -3.41. The van der Waals surface area contributed by atoms with Gasteiger partial charge in [-0.15, -0.1) is 0 Å². The summed E-state index contributed by atoms with van der Waals surface area (Å²) >= 11 is 0. The predicted octanol–water partition coefficient (Wildman–Crippen LogP) is 1.36. The Morgan fingerprint density at radius 3 is 3.00 bits per heavy atom. The molecule has 0 saturated carbocycles. The third kappa shape index (κ3) is 2.65. The minimum atomic E-state index is -0.959. The summed E-state index contributed by atoms with van der Waals surface area (Å²) in [6.07, 6.45) is 5.07. The molecule has 0 aromatic carbocycles. The van der Waals surface area contributed by atoms with Gasteiger partial charge in [0.05, 0.1) is 17.8 Å². The maximum absolute atomic E-state index is 12.3. The van der Waals surface area contributed by atoms with E-state index < -0.39 is 11.6 Å². The molecule has 0 aliphatic heterocycles. The van der Waals surface area contributed by atoms with Crippen LogP contribution in [0, 0.1) is 11.3 Å². The molecule has 3 N–H and O–H groups in total. The van der Waals surface area contributed by atoms with E-state index in [2.05, 4.69) is 31.4 Å². The van der Waals surface area contributed by atoms with Gasteiger partial charge >= 0.3 is 11.7 Å². The van der Waals surface area contributed by atoms with Crippen LogP contribution in [0.4, 0.5) is 4.79 Å². The zero-order chi connectivity index (χ0) is 17.3. The monoisotopic (exact) mass is 325 g/mol. The second kappa shape index (κ2) is 5.66. The number of aromatic amines is 2. The zero-order valence-electron chi connectivity index (χ0n) is 13.1. The number of carbonyl (C=O) groups excluding carboxylic acids is 1. The highest BCUT2D eigenvalue weighted by Gasteiger charge is 2.25. The van der Waals surface area contributed by atoms with Crippen molar-refractivity contribution in [3.05, 3.63) is 35.1 Å². The number of hydrogen-bond acceptors (Lipinski definition) is 5. The van der Waals surface area contributed by atoms with Crippen LogP contribution in [0.1, 0.15) is 20.3 Å². The molecule has 0 aliphatic rings. The van der Waals surface area contributed by atoms with Crippen LogP contribution in [0.2, 0.25) is 0 Å². The van der Waals surface area contributed by atoms with Gasteiger partial charge in [-0.2, -0.15) is 15.0 Å². The van der Waals surface area contributed by atoms with Crippen molar-refractivity contribution in [3.8, 4) is 17.2 Å². The molecular formula is C15H15N7O2. The molecule has 0 aliphatic carbocycles. The van der Waals surface area contributed by atoms with Crippen molar-refractivity contribution < 1.29 is 4.79 Å². The Bertz CT molecular complexity index is 1010. The Labute approximate surface area is 136 Å². The lowest BCUT2D eigenvalue weighted by Crippen LogP contribution is -2.46. The Morgan fingerprint density at radius 2 is 2.29 bits per heavy atom. The van der Waals surface area contributed by atoms with Crippen LogP contribution in [0.15, 0.2) is 29.5 Å². The number of amides is 1. The van der Waals surface area contributed by atoms with E-state index in [-0.39, 0.29) is 5.69 Å². The molecule has 24 heavy (non-hydrogen) atoms. The van der Waals surface area contributed by atoms with Gasteiger partial charge in [-0.1, -0.05) is 6.92 Å². The van der Waals surface area contributed by atoms with Crippen molar-refractivity contribution in [2.45, 2.75) is 25.8 Å². The van der Waals surface area contributed by atoms with Gasteiger partial charge in [-0.25, -0.2) is 14.6 Å². The Kier molecular flexibility index (Phi) is 3.65. The minimum Gasteiger partial charge on any atom is -0.318 e. The number of nitriles is 1. The Balaban J connectivity index is 1.94. The fraction of sp³-hybridized carbons (Fsp3) is 0.267. The van der Waals surface area contributed by atoms with Crippen molar-refractivity contribution in [2.75, 3.05) is 0 Å². The van der Waals surface area contributed by atoms with Gasteiger partial charge in [0.25, 0.3) is 0 Å². The zero-order valence-corrected chi connectivity index (χ0v) is 13.1. The number of nitrogens with zero attached hydrogens (tertiary/aromatic N) is 4. The standard InChI is InChI=1S/C15H15N7O2/c1-3-15(2,8-16)21-14(24)22-7-9(6-18-22)10-4-5-17-12-11(10)19-13(23)20-12/h4-7H,3H2,1-2H3,(H,21,24)(H2,17,19,20,23). The van der Waals surface area contributed by atoms with E-state index in [0.717, 1.165) is 4.68 Å². The molecule has 3 heterocycles. The lowest BCUT2D eigenvalue weighted by Gasteiger charge is -2.20. The molecule has 0 bridgehead atoms. The fourth-order valence-electron chi connectivity index (χ4n) is 2.24. The molecule has 0 fully saturated rings. The summed E-state index contributed by atoms with van der Waals surface area (Å²) in [4.78, 5) is 33.0. The summed E-state index contributed by atoms with van der Waals surface area (Å²) in [6.45, 7) is 3.46. The SMILES string of the molecule is CCC(C)(C#N)NC(=O)n1cc(-c2ccnc3[nH]c(=O)[nH]c23)cn1. The number of pyridine rings is 1. The van der Waals surface area contributed by atoms with Crippen molar-refractivity contribution >= 4 is 17.2 Å². The molecule has 9 heteroatoms. The summed E-state index contributed by atoms with van der Waals surface area (Å²) in [7, 11) is 0. The van der Waals surface area contributed by atoms with E-state index in [4.69, 9.17) is 5.26 Å². The third-order valence-electron chi connectivity index (χ3n) is 3.86. The molecule has 3 aromatic heterocycles. The summed E-state index contributed by atoms with van der Waals surface area (Å²) < 4.78 is 1.12. The van der Waals surface area contributed by atoms with Crippen LogP contribution in [0.3, 0.4) is 0 Å². The predicted molar refractivity (Wildman–Crippen MR) is 86.2 cm³/mol. The van der Waals surface area contributed by atoms with E-state index in [9.17, 15) is 9.59 Å². The van der Waals surface area contributed by atoms with Crippen LogP contribution in [0.25, 0.3) is 22.3 Å². The molecule has 3 aromatic rings. The lowest BCUT2D eigenvalue weighted by molar-refractivity contribution is 0.231. The van der Waals surface area contributed by atoms with Gasteiger partial charge in [-0.3, -0.25) is 4.98 Å². The molecule has 0 saturated heterocycles. The molecule has 122 valence electrons. The van der Waals surface area contributed by atoms with E-state index >= 15 is 0 Å². The van der Waals surface area contributed by atoms with Crippen molar-refractivity contribution in [3.63, 3.8) is 0 Å². The summed E-state index contributed by atoms with van der Waals surface area (Å²) in [5, 5.41) is 15.8. The molecular weight excluding hydrogens is 310 g/mol. The van der Waals surface area contributed by atoms with Gasteiger partial charge < -0.3 is 10.3 Å². The number of rotatable bonds is 3. The average molecular weight is 325 g/mol. The number of carbonyl (C=O) groups is 1. The number of aromatic nitrogens is 5. The molecule has 9 nitrogen and oxygen atoms in total. The van der Waals surface area contributed by atoms with Crippen LogP contribution >= 0.6 is 0 Å². The lowest BCUT2D eigenvalue weighted by atomic mass is 10.0. The normalized spacial score (nSPS) is 13.4. The fourth-order valence-corrected chi connectivity index (χ4v) is 2.24. The first-order valence-corrected chi connectivity index (χ1v) is 7.31. The van der Waals surface area contributed by atoms with Gasteiger partial charge in [0.15, 0.2) is 5.65 Å². The van der Waals surface area contributed by atoms with Crippen molar-refractivity contribution in [1.82, 2.24) is 30.0 Å². The average Bonchev–Trinajstić information content (AvgIpc) is 3.19. The Morgan fingerprint density at radius 1 is 1.50 bits per heavy atom. The van der Waals surface area contributed by atoms with E-state index in [1.165, 1.54) is 12.4 Å². The first kappa shape index (κ1) is 15.5. The quantitative estimate of drug-likeness (QED) is 0.669. The number of hydrogen-bond donors (Lipinski definition) is 3. The van der Waals surface area contributed by atoms with Crippen LogP contribution in [0.5, 0.6) is 0 Å². The van der Waals surface area contributed by atoms with Crippen LogP contribution < -0.4 is 11.0 Å². The van der Waals surface area contributed by atoms with Gasteiger partial charge in [-0.05, 0) is 19.4 Å². The van der Waals surface area contributed by atoms with Crippen LogP contribution in [-0.2, 0) is 0 Å². The smallest absolute Gasteiger partial charge is 0.318 e. The third-order valence-corrected chi connectivity index (χ3v) is 3.86. The van der Waals surface area contributed by atoms with E-state index in [1.54, 1.807) is 19.2 Å². The second-order valence-electron chi connectivity index (χ2n) is 5.56. The van der Waals surface area contributed by atoms with Gasteiger partial charge in [0, 0.05) is 23.5 Å². The minimum absolute atomic E-state index is 0.359. The van der Waals surface area contributed by atoms with Crippen LogP contribution in [-0.4, -0.2) is 36.3 Å². The summed E-state index contributed by atoms with van der Waals surface area (Å²) in [5.74, 6) is 0. The maximum atomic E-state index is 12.3. The first-order valence-electron chi connectivity index (χ1n) is 7.31. The summed E-state index contributed by atoms with van der Waals surface area (Å²) in [5.41, 5.74) is 0.983. The highest BCUT2D eigenvalue weighted by molar-refractivity contribution is 5.89. The number of imidazole rings is 1. The van der Waals surface area contributed by atoms with E-state index in [0.29, 0.717) is 28.7 Å². The molecule has 1 amide bonds. The molecule has 0 spiro atoms. The molecule has 1 atom stereocenters. The highest BCUT2D eigenvalue weighted by Crippen LogP contribution is 2.24. The van der Waals surface area contributed by atoms with Gasteiger partial charge in [0.1, 0.15) is 5.54 Å². The number of nitrogens with one attached hydrogen (secondary N) is 3. The largest absolute Gasteiger partial charge is 0.343 e. The maximum Gasteiger partial charge on any atom is 0.343 e. The topological polar surface area (TPSA) is 132 Å². The van der Waals surface area contributed by atoms with Crippen molar-refractivity contribution in [2.24, 2.45) is 0 Å². The molecule has 1 unspecified atom stereocenters. The highest BCUT2D eigenvalue weighted by atomic mass is 16.2. The number of fused-ring (bicyclic) bond motifs is 1. The van der Waals surface area contributed by atoms with Crippen molar-refractivity contribution in [1.29, 1.82) is 5.26 Å². The van der Waals surface area contributed by atoms with Gasteiger partial charge in [0.2, 0.25) is 0 Å². The molecule has 0 radical (unpaired) electrons. The van der Waals surface area contributed by atoms with E-state index in [1.807, 2.05) is 6.92 Å². The number of H-pyrrole nitrogens is 2. The second-order valence-corrected chi connectivity index (χ2v) is 5.56. The first-order chi connectivity index (χ1) is 11.5.